The number of benzene rings is 1. The minimum atomic E-state index is -2.46. The van der Waals surface area contributed by atoms with Crippen LogP contribution in [0.4, 0.5) is 0 Å². The number of ether oxygens (including phenoxy) is 2. The van der Waals surface area contributed by atoms with E-state index in [-0.39, 0.29) is 0 Å². The van der Waals surface area contributed by atoms with Crippen molar-refractivity contribution in [3.05, 3.63) is 29.8 Å². The Balaban J connectivity index is 1.68. The van der Waals surface area contributed by atoms with E-state index >= 15 is 0 Å². The first-order chi connectivity index (χ1) is 12.2. The maximum atomic E-state index is 6.07. The molecule has 1 aliphatic rings. The van der Waals surface area contributed by atoms with Crippen LogP contribution in [0.25, 0.3) is 0 Å². The third-order valence-corrected chi connectivity index (χ3v) is 8.01. The van der Waals surface area contributed by atoms with Gasteiger partial charge >= 0.3 is 8.80 Å². The molecule has 0 aromatic heterocycles. The molecule has 0 N–H and O–H groups in total. The molecule has 5 nitrogen and oxygen atoms in total. The lowest BCUT2D eigenvalue weighted by Gasteiger charge is -2.29. The summed E-state index contributed by atoms with van der Waals surface area (Å²) in [6.07, 6.45) is 5.89. The summed E-state index contributed by atoms with van der Waals surface area (Å²) in [4.78, 5) is 0. The third kappa shape index (κ3) is 5.79. The molecule has 0 bridgehead atoms. The smallest absolute Gasteiger partial charge is 0.497 e. The van der Waals surface area contributed by atoms with Crippen LogP contribution in [0.2, 0.25) is 6.04 Å². The van der Waals surface area contributed by atoms with Crippen LogP contribution in [0.3, 0.4) is 0 Å². The van der Waals surface area contributed by atoms with E-state index in [0.29, 0.717) is 12.0 Å². The molecule has 6 heteroatoms. The molecule has 1 aliphatic carbocycles. The van der Waals surface area contributed by atoms with E-state index < -0.39 is 8.80 Å². The van der Waals surface area contributed by atoms with E-state index in [2.05, 4.69) is 24.3 Å². The number of rotatable bonds is 10. The van der Waals surface area contributed by atoms with Crippen molar-refractivity contribution in [2.75, 3.05) is 35.0 Å². The van der Waals surface area contributed by atoms with Crippen LogP contribution in [0.15, 0.2) is 24.3 Å². The van der Waals surface area contributed by atoms with Crippen LogP contribution in [0, 0.1) is 0 Å². The first-order valence-electron chi connectivity index (χ1n) is 9.07. The maximum Gasteiger partial charge on any atom is 0.500 e. The second kappa shape index (κ2) is 10.3. The minimum Gasteiger partial charge on any atom is -0.497 e. The van der Waals surface area contributed by atoms with E-state index in [0.717, 1.165) is 37.7 Å². The highest BCUT2D eigenvalue weighted by Crippen LogP contribution is 2.34. The van der Waals surface area contributed by atoms with Gasteiger partial charge in [0.15, 0.2) is 0 Å². The second-order valence-corrected chi connectivity index (χ2v) is 9.61. The summed E-state index contributed by atoms with van der Waals surface area (Å²) in [6, 6.07) is 9.27. The summed E-state index contributed by atoms with van der Waals surface area (Å²) in [5.74, 6) is 1.56. The summed E-state index contributed by atoms with van der Waals surface area (Å²) < 4.78 is 27.6. The molecular weight excluding hydrogens is 336 g/mol. The number of hydrogen-bond donors (Lipinski definition) is 0. The average molecular weight is 369 g/mol. The average Bonchev–Trinajstić information content (AvgIpc) is 2.69. The lowest BCUT2D eigenvalue weighted by atomic mass is 9.83. The van der Waals surface area contributed by atoms with Crippen LogP contribution in [-0.4, -0.2) is 50.0 Å². The van der Waals surface area contributed by atoms with Crippen molar-refractivity contribution in [1.29, 1.82) is 0 Å². The van der Waals surface area contributed by atoms with E-state index in [1.165, 1.54) is 18.4 Å². The summed E-state index contributed by atoms with van der Waals surface area (Å²) >= 11 is 0. The molecule has 1 fully saturated rings. The second-order valence-electron chi connectivity index (χ2n) is 6.52. The summed E-state index contributed by atoms with van der Waals surface area (Å²) in [5, 5.41) is 0. The topological polar surface area (TPSA) is 46.2 Å². The molecule has 1 aromatic rings. The van der Waals surface area contributed by atoms with E-state index in [4.69, 9.17) is 22.8 Å². The van der Waals surface area contributed by atoms with Gasteiger partial charge in [0.05, 0.1) is 13.2 Å². The predicted molar refractivity (Wildman–Crippen MR) is 100 cm³/mol. The Bertz CT molecular complexity index is 473. The zero-order chi connectivity index (χ0) is 18.1. The highest BCUT2D eigenvalue weighted by atomic mass is 28.4. The predicted octanol–water partition coefficient (Wildman–Crippen LogP) is 4.01. The highest BCUT2D eigenvalue weighted by Gasteiger charge is 2.37. The van der Waals surface area contributed by atoms with Crippen LogP contribution < -0.4 is 4.74 Å². The molecule has 0 unspecified atom stereocenters. The van der Waals surface area contributed by atoms with Crippen LogP contribution >= 0.6 is 0 Å². The molecule has 0 atom stereocenters. The molecule has 0 saturated heterocycles. The van der Waals surface area contributed by atoms with Gasteiger partial charge in [-0.05, 0) is 55.7 Å². The van der Waals surface area contributed by atoms with Crippen molar-refractivity contribution >= 4 is 8.80 Å². The molecular formula is C19H32O5Si. The van der Waals surface area contributed by atoms with Gasteiger partial charge in [0.2, 0.25) is 0 Å². The molecule has 0 radical (unpaired) electrons. The Kier molecular flexibility index (Phi) is 8.38. The van der Waals surface area contributed by atoms with Gasteiger partial charge < -0.3 is 22.8 Å². The van der Waals surface area contributed by atoms with E-state index in [9.17, 15) is 0 Å². The zero-order valence-electron chi connectivity index (χ0n) is 16.0. The van der Waals surface area contributed by atoms with Crippen LogP contribution in [0.1, 0.15) is 43.6 Å². The van der Waals surface area contributed by atoms with Gasteiger partial charge in [-0.2, -0.15) is 0 Å². The molecule has 1 aromatic carbocycles. The fraction of sp³-hybridized carbons (Fsp3) is 0.684. The van der Waals surface area contributed by atoms with E-state index in [1.54, 1.807) is 28.4 Å². The Hall–Kier alpha value is -0.923. The normalized spacial score (nSPS) is 21.3. The molecule has 142 valence electrons. The molecule has 2 rings (SSSR count). The molecule has 0 heterocycles. The summed E-state index contributed by atoms with van der Waals surface area (Å²) in [5.41, 5.74) is 1.41. The Morgan fingerprint density at radius 1 is 0.880 bits per heavy atom. The third-order valence-electron chi connectivity index (χ3n) is 5.18. The Labute approximate surface area is 152 Å². The van der Waals surface area contributed by atoms with Crippen molar-refractivity contribution in [1.82, 2.24) is 0 Å². The van der Waals surface area contributed by atoms with Crippen molar-refractivity contribution in [3.8, 4) is 5.75 Å². The molecule has 0 aliphatic heterocycles. The molecule has 25 heavy (non-hydrogen) atoms. The summed E-state index contributed by atoms with van der Waals surface area (Å²) in [6.45, 7) is 0.739. The molecule has 0 amide bonds. The van der Waals surface area contributed by atoms with Gasteiger partial charge in [-0.25, -0.2) is 0 Å². The monoisotopic (exact) mass is 368 g/mol. The van der Waals surface area contributed by atoms with Crippen LogP contribution in [0.5, 0.6) is 5.75 Å². The van der Waals surface area contributed by atoms with Gasteiger partial charge in [-0.1, -0.05) is 12.1 Å². The van der Waals surface area contributed by atoms with Gasteiger partial charge in [0.25, 0.3) is 0 Å². The number of hydrogen-bond acceptors (Lipinski definition) is 5. The SMILES string of the molecule is COc1ccc([C@H]2CC[C@H](OCCC[Si](OC)(OC)OC)CC2)cc1. The molecule has 1 saturated carbocycles. The summed E-state index contributed by atoms with van der Waals surface area (Å²) in [7, 11) is 4.21. The van der Waals surface area contributed by atoms with Crippen LogP contribution in [-0.2, 0) is 18.0 Å². The quantitative estimate of drug-likeness (QED) is 0.461. The van der Waals surface area contributed by atoms with Gasteiger partial charge in [0.1, 0.15) is 5.75 Å². The lowest BCUT2D eigenvalue weighted by Crippen LogP contribution is -2.42. The Morgan fingerprint density at radius 2 is 1.48 bits per heavy atom. The molecule has 0 spiro atoms. The van der Waals surface area contributed by atoms with Crippen molar-refractivity contribution in [2.45, 2.75) is 50.2 Å². The van der Waals surface area contributed by atoms with Crippen molar-refractivity contribution in [2.24, 2.45) is 0 Å². The Morgan fingerprint density at radius 3 is 2.00 bits per heavy atom. The lowest BCUT2D eigenvalue weighted by molar-refractivity contribution is 0.0225. The fourth-order valence-electron chi connectivity index (χ4n) is 3.53. The standard InChI is InChI=1S/C19H32O5Si/c1-20-18-10-6-16(7-11-18)17-8-12-19(13-9-17)24-14-5-15-25(21-2,22-3)23-4/h6-7,10-11,17,19H,5,8-9,12-15H2,1-4H3/t17-,19-. The minimum absolute atomic E-state index is 0.373. The van der Waals surface area contributed by atoms with Gasteiger partial charge in [-0.15, -0.1) is 0 Å². The van der Waals surface area contributed by atoms with E-state index in [1.807, 2.05) is 0 Å². The van der Waals surface area contributed by atoms with Crippen molar-refractivity contribution < 1.29 is 22.8 Å². The van der Waals surface area contributed by atoms with Gasteiger partial charge in [0, 0.05) is 34.0 Å². The van der Waals surface area contributed by atoms with Gasteiger partial charge in [-0.3, -0.25) is 0 Å². The number of methoxy groups -OCH3 is 1. The van der Waals surface area contributed by atoms with Crippen molar-refractivity contribution in [3.63, 3.8) is 0 Å². The first-order valence-corrected chi connectivity index (χ1v) is 11.0. The zero-order valence-corrected chi connectivity index (χ0v) is 17.0. The first kappa shape index (κ1) is 20.4. The largest absolute Gasteiger partial charge is 0.500 e. The highest BCUT2D eigenvalue weighted by molar-refractivity contribution is 6.60. The fourth-order valence-corrected chi connectivity index (χ4v) is 5.22. The maximum absolute atomic E-state index is 6.07.